The van der Waals surface area contributed by atoms with E-state index in [9.17, 15) is 28.5 Å². The molecule has 13 heteroatoms. The van der Waals surface area contributed by atoms with Crippen molar-refractivity contribution in [1.29, 1.82) is 0 Å². The zero-order chi connectivity index (χ0) is 43.9. The molecule has 0 amide bonds. The lowest BCUT2D eigenvalue weighted by Gasteiger charge is -2.41. The standard InChI is InChI=1S/C47H82O12S/c1-3-5-7-9-11-13-15-17-19-21-22-24-26-28-30-32-34-36-43(49)57-41(40-56-47-45(51)46(59-60(52,53)54)44(50)42(38-48)58-47)39-55-37-35-33-31-29-27-25-23-20-18-16-14-12-10-8-6-4-2/h5,7,11-14,17-20,41-42,44-48,50-51H,3-4,6,8-10,15-16,21-40H2,1-2H3,(H,52,53,54)/b7-5-,13-11-,14-12-,19-17-,20-18-. The average Bonchev–Trinajstić information content (AvgIpc) is 3.22. The summed E-state index contributed by atoms with van der Waals surface area (Å²) in [6, 6.07) is 0. The average molecular weight is 871 g/mol. The highest BCUT2D eigenvalue weighted by Gasteiger charge is 2.48. The molecule has 0 aromatic carbocycles. The third kappa shape index (κ3) is 31.6. The lowest BCUT2D eigenvalue weighted by molar-refractivity contribution is -0.301. The molecule has 0 radical (unpaired) electrons. The number of carbonyl (C=O) groups excluding carboxylic acids is 1. The molecule has 1 fully saturated rings. The molecule has 348 valence electrons. The van der Waals surface area contributed by atoms with E-state index in [0.717, 1.165) is 89.9 Å². The van der Waals surface area contributed by atoms with Gasteiger partial charge in [0.2, 0.25) is 0 Å². The van der Waals surface area contributed by atoms with Gasteiger partial charge in [-0.1, -0.05) is 145 Å². The summed E-state index contributed by atoms with van der Waals surface area (Å²) in [7, 11) is -5.07. The monoisotopic (exact) mass is 871 g/mol. The van der Waals surface area contributed by atoms with Gasteiger partial charge in [-0.15, -0.1) is 0 Å². The Morgan fingerprint density at radius 1 is 0.650 bits per heavy atom. The first-order valence-electron chi connectivity index (χ1n) is 23.0. The lowest BCUT2D eigenvalue weighted by Crippen LogP contribution is -2.60. The number of aliphatic hydroxyl groups excluding tert-OH is 3. The lowest BCUT2D eigenvalue weighted by atomic mass is 9.99. The summed E-state index contributed by atoms with van der Waals surface area (Å²) in [5.74, 6) is -0.415. The molecule has 1 heterocycles. The maximum atomic E-state index is 12.9. The highest BCUT2D eigenvalue weighted by atomic mass is 32.3. The molecule has 1 saturated heterocycles. The number of unbranched alkanes of at least 4 members (excludes halogenated alkanes) is 16. The van der Waals surface area contributed by atoms with Crippen LogP contribution in [0.1, 0.15) is 168 Å². The largest absolute Gasteiger partial charge is 0.457 e. The number of allylic oxidation sites excluding steroid dienone is 10. The maximum absolute atomic E-state index is 12.9. The molecule has 6 atom stereocenters. The van der Waals surface area contributed by atoms with Gasteiger partial charge >= 0.3 is 16.4 Å². The fourth-order valence-corrected chi connectivity index (χ4v) is 7.17. The summed E-state index contributed by atoms with van der Waals surface area (Å²) in [5.41, 5.74) is 0. The third-order valence-electron chi connectivity index (χ3n) is 10.1. The van der Waals surface area contributed by atoms with E-state index in [4.69, 9.17) is 23.5 Å². The Morgan fingerprint density at radius 2 is 1.15 bits per heavy atom. The van der Waals surface area contributed by atoms with Crippen LogP contribution in [0, 0.1) is 0 Å². The van der Waals surface area contributed by atoms with Gasteiger partial charge in [-0.3, -0.25) is 9.35 Å². The Hall–Kier alpha value is -2.20. The molecule has 0 spiro atoms. The first kappa shape index (κ1) is 55.8. The number of ether oxygens (including phenoxy) is 4. The summed E-state index contributed by atoms with van der Waals surface area (Å²) in [6.07, 6.45) is 38.2. The van der Waals surface area contributed by atoms with Gasteiger partial charge in [0, 0.05) is 13.0 Å². The molecule has 0 aliphatic carbocycles. The molecule has 60 heavy (non-hydrogen) atoms. The van der Waals surface area contributed by atoms with Crippen LogP contribution >= 0.6 is 0 Å². The molecule has 0 saturated carbocycles. The molecule has 0 bridgehead atoms. The van der Waals surface area contributed by atoms with Crippen LogP contribution in [0.5, 0.6) is 0 Å². The number of hydrogen-bond donors (Lipinski definition) is 4. The number of aliphatic hydroxyl groups is 3. The van der Waals surface area contributed by atoms with Gasteiger partial charge in [0.15, 0.2) is 6.29 Å². The van der Waals surface area contributed by atoms with E-state index in [0.29, 0.717) is 13.0 Å². The minimum absolute atomic E-state index is 0.0222. The van der Waals surface area contributed by atoms with Crippen molar-refractivity contribution in [3.05, 3.63) is 60.8 Å². The maximum Gasteiger partial charge on any atom is 0.397 e. The smallest absolute Gasteiger partial charge is 0.397 e. The van der Waals surface area contributed by atoms with Crippen LogP contribution in [0.2, 0.25) is 0 Å². The highest BCUT2D eigenvalue weighted by molar-refractivity contribution is 7.80. The van der Waals surface area contributed by atoms with Crippen LogP contribution in [0.25, 0.3) is 0 Å². The number of hydrogen-bond acceptors (Lipinski definition) is 11. The van der Waals surface area contributed by atoms with Crippen molar-refractivity contribution < 1.29 is 56.2 Å². The summed E-state index contributed by atoms with van der Waals surface area (Å²) < 4.78 is 59.1. The Morgan fingerprint density at radius 3 is 1.68 bits per heavy atom. The van der Waals surface area contributed by atoms with E-state index in [1.165, 1.54) is 51.4 Å². The molecule has 1 aliphatic rings. The van der Waals surface area contributed by atoms with Crippen LogP contribution in [-0.4, -0.2) is 97.5 Å². The SMILES string of the molecule is CC/C=C\C/C=C\C/C=C\CCCCCCCCCC(=O)OC(COCCCCCCCC/C=C\C/C=C\CCCCC)COC1OC(CO)C(O)C(OS(=O)(=O)O)C1O. The molecule has 0 aromatic heterocycles. The summed E-state index contributed by atoms with van der Waals surface area (Å²) >= 11 is 0. The summed E-state index contributed by atoms with van der Waals surface area (Å²) in [4.78, 5) is 12.9. The van der Waals surface area contributed by atoms with Crippen molar-refractivity contribution in [3.63, 3.8) is 0 Å². The van der Waals surface area contributed by atoms with E-state index in [1.807, 2.05) is 0 Å². The van der Waals surface area contributed by atoms with Gasteiger partial charge < -0.3 is 34.3 Å². The quantitative estimate of drug-likeness (QED) is 0.0199. The first-order valence-corrected chi connectivity index (χ1v) is 24.4. The van der Waals surface area contributed by atoms with Crippen LogP contribution in [0.4, 0.5) is 0 Å². The van der Waals surface area contributed by atoms with Crippen LogP contribution in [0.15, 0.2) is 60.8 Å². The molecule has 1 aliphatic heterocycles. The topological polar surface area (TPSA) is 178 Å². The molecule has 0 aromatic rings. The van der Waals surface area contributed by atoms with Gasteiger partial charge in [-0.25, -0.2) is 4.18 Å². The summed E-state index contributed by atoms with van der Waals surface area (Å²) in [6.45, 7) is 3.81. The molecule has 12 nitrogen and oxygen atoms in total. The Labute approximate surface area is 363 Å². The molecule has 1 rings (SSSR count). The second kappa shape index (κ2) is 38.5. The van der Waals surface area contributed by atoms with E-state index < -0.39 is 59.8 Å². The number of rotatable bonds is 39. The fraction of sp³-hybridized carbons (Fsp3) is 0.766. The van der Waals surface area contributed by atoms with E-state index in [-0.39, 0.29) is 19.6 Å². The highest BCUT2D eigenvalue weighted by Crippen LogP contribution is 2.26. The summed E-state index contributed by atoms with van der Waals surface area (Å²) in [5, 5.41) is 30.7. The Balaban J connectivity index is 2.44. The molecular weight excluding hydrogens is 789 g/mol. The van der Waals surface area contributed by atoms with Gasteiger partial charge in [0.1, 0.15) is 30.5 Å². The van der Waals surface area contributed by atoms with Gasteiger partial charge in [-0.2, -0.15) is 8.42 Å². The zero-order valence-electron chi connectivity index (χ0n) is 37.0. The minimum atomic E-state index is -5.07. The third-order valence-corrected chi connectivity index (χ3v) is 10.6. The van der Waals surface area contributed by atoms with Gasteiger partial charge in [-0.05, 0) is 77.0 Å². The Bertz CT molecular complexity index is 1280. The van der Waals surface area contributed by atoms with Crippen molar-refractivity contribution in [3.8, 4) is 0 Å². The van der Waals surface area contributed by atoms with E-state index in [1.54, 1.807) is 0 Å². The van der Waals surface area contributed by atoms with Gasteiger partial charge in [0.05, 0.1) is 19.8 Å². The Kier molecular flexibility index (Phi) is 35.8. The minimum Gasteiger partial charge on any atom is -0.457 e. The van der Waals surface area contributed by atoms with Crippen LogP contribution in [-0.2, 0) is 38.3 Å². The van der Waals surface area contributed by atoms with Crippen molar-refractivity contribution in [2.24, 2.45) is 0 Å². The van der Waals surface area contributed by atoms with Crippen LogP contribution < -0.4 is 0 Å². The predicted octanol–water partition coefficient (Wildman–Crippen LogP) is 9.74. The van der Waals surface area contributed by atoms with E-state index in [2.05, 4.69) is 78.8 Å². The van der Waals surface area contributed by atoms with Gasteiger partial charge in [0.25, 0.3) is 0 Å². The number of esters is 1. The first-order chi connectivity index (χ1) is 29.1. The van der Waals surface area contributed by atoms with Crippen molar-refractivity contribution >= 4 is 16.4 Å². The van der Waals surface area contributed by atoms with Crippen molar-refractivity contribution in [2.75, 3.05) is 26.4 Å². The molecule has 4 N–H and O–H groups in total. The van der Waals surface area contributed by atoms with Crippen molar-refractivity contribution in [1.82, 2.24) is 0 Å². The van der Waals surface area contributed by atoms with Crippen LogP contribution in [0.3, 0.4) is 0 Å². The molecular formula is C47H82O12S. The fourth-order valence-electron chi connectivity index (χ4n) is 6.66. The van der Waals surface area contributed by atoms with E-state index >= 15 is 0 Å². The van der Waals surface area contributed by atoms with Crippen molar-refractivity contribution in [2.45, 2.75) is 205 Å². The number of carbonyl (C=O) groups is 1. The second-order valence-corrected chi connectivity index (χ2v) is 16.7. The second-order valence-electron chi connectivity index (χ2n) is 15.6. The molecule has 6 unspecified atom stereocenters. The predicted molar refractivity (Wildman–Crippen MR) is 239 cm³/mol. The normalized spacial score (nSPS) is 20.8. The zero-order valence-corrected chi connectivity index (χ0v) is 37.8.